The summed E-state index contributed by atoms with van der Waals surface area (Å²) in [5, 5.41) is 7.56. The Labute approximate surface area is 188 Å². The summed E-state index contributed by atoms with van der Waals surface area (Å²) >= 11 is 0. The first-order valence-electron chi connectivity index (χ1n) is 10.9. The second-order valence-electron chi connectivity index (χ2n) is 8.10. The Balaban J connectivity index is 1.61. The molecular formula is C25H28N4O3. The maximum absolute atomic E-state index is 12.6. The fourth-order valence-corrected chi connectivity index (χ4v) is 3.99. The number of esters is 1. The van der Waals surface area contributed by atoms with Gasteiger partial charge in [-0.05, 0) is 63.8 Å². The fourth-order valence-electron chi connectivity index (χ4n) is 3.99. The third kappa shape index (κ3) is 4.29. The summed E-state index contributed by atoms with van der Waals surface area (Å²) in [6.45, 7) is 3.64. The number of fused-ring (bicyclic) bond motifs is 3. The molecule has 2 aromatic carbocycles. The molecule has 0 aliphatic heterocycles. The topological polar surface area (TPSA) is 76.5 Å². The van der Waals surface area contributed by atoms with E-state index in [2.05, 4.69) is 21.4 Å². The van der Waals surface area contributed by atoms with E-state index in [4.69, 9.17) is 4.74 Å². The molecule has 166 valence electrons. The minimum absolute atomic E-state index is 0.0986. The van der Waals surface area contributed by atoms with Gasteiger partial charge >= 0.3 is 5.97 Å². The molecule has 0 spiro atoms. The Morgan fingerprint density at radius 3 is 2.59 bits per heavy atom. The summed E-state index contributed by atoms with van der Waals surface area (Å²) in [5.74, 6) is -0.511. The van der Waals surface area contributed by atoms with Crippen LogP contribution in [0.25, 0.3) is 16.9 Å². The molecule has 0 saturated heterocycles. The van der Waals surface area contributed by atoms with Gasteiger partial charge in [0.15, 0.2) is 5.69 Å². The molecule has 0 unspecified atom stereocenters. The van der Waals surface area contributed by atoms with Gasteiger partial charge in [-0.1, -0.05) is 24.3 Å². The molecule has 0 radical (unpaired) electrons. The summed E-state index contributed by atoms with van der Waals surface area (Å²) in [7, 11) is 4.02. The Hall–Kier alpha value is -3.45. The molecule has 0 fully saturated rings. The second-order valence-corrected chi connectivity index (χ2v) is 8.10. The van der Waals surface area contributed by atoms with E-state index >= 15 is 0 Å². The molecule has 0 bridgehead atoms. The molecule has 7 nitrogen and oxygen atoms in total. The van der Waals surface area contributed by atoms with Crippen LogP contribution in [0.5, 0.6) is 0 Å². The Bertz CT molecular complexity index is 1130. The zero-order chi connectivity index (χ0) is 22.7. The van der Waals surface area contributed by atoms with Gasteiger partial charge in [0.05, 0.1) is 18.0 Å². The van der Waals surface area contributed by atoms with Gasteiger partial charge in [0.2, 0.25) is 0 Å². The largest absolute Gasteiger partial charge is 0.461 e. The van der Waals surface area contributed by atoms with Crippen LogP contribution in [0.1, 0.15) is 45.3 Å². The molecule has 1 heterocycles. The van der Waals surface area contributed by atoms with E-state index in [0.717, 1.165) is 41.0 Å². The summed E-state index contributed by atoms with van der Waals surface area (Å²) < 4.78 is 7.03. The first kappa shape index (κ1) is 21.8. The van der Waals surface area contributed by atoms with E-state index in [-0.39, 0.29) is 5.91 Å². The summed E-state index contributed by atoms with van der Waals surface area (Å²) in [5.41, 5.74) is 5.74. The van der Waals surface area contributed by atoms with Crippen molar-refractivity contribution in [3.05, 3.63) is 70.9 Å². The van der Waals surface area contributed by atoms with Gasteiger partial charge < -0.3 is 15.0 Å². The summed E-state index contributed by atoms with van der Waals surface area (Å²) in [6, 6.07) is 15.4. The lowest BCUT2D eigenvalue weighted by molar-refractivity contribution is 0.0517. The van der Waals surface area contributed by atoms with Crippen LogP contribution in [0.4, 0.5) is 0 Å². The van der Waals surface area contributed by atoms with Crippen LogP contribution in [0, 0.1) is 0 Å². The van der Waals surface area contributed by atoms with E-state index in [1.807, 2.05) is 44.4 Å². The number of amides is 1. The molecule has 4 rings (SSSR count). The number of hydrogen-bond acceptors (Lipinski definition) is 5. The number of nitrogens with zero attached hydrogens (tertiary/aromatic N) is 3. The third-order valence-electron chi connectivity index (χ3n) is 5.53. The predicted molar refractivity (Wildman–Crippen MR) is 123 cm³/mol. The summed E-state index contributed by atoms with van der Waals surface area (Å²) in [4.78, 5) is 27.1. The van der Waals surface area contributed by atoms with Gasteiger partial charge in [-0.3, -0.25) is 4.79 Å². The van der Waals surface area contributed by atoms with Crippen molar-refractivity contribution in [3.63, 3.8) is 0 Å². The highest BCUT2D eigenvalue weighted by atomic mass is 16.5. The van der Waals surface area contributed by atoms with Crippen molar-refractivity contribution in [2.24, 2.45) is 0 Å². The second kappa shape index (κ2) is 9.36. The number of hydrogen-bond donors (Lipinski definition) is 1. The van der Waals surface area contributed by atoms with E-state index in [0.29, 0.717) is 30.8 Å². The highest BCUT2D eigenvalue weighted by molar-refractivity contribution is 5.95. The molecule has 1 N–H and O–H groups in total. The number of carbonyl (C=O) groups excluding carboxylic acids is 2. The van der Waals surface area contributed by atoms with Crippen LogP contribution in [0.3, 0.4) is 0 Å². The molecule has 1 amide bonds. The first-order valence-corrected chi connectivity index (χ1v) is 10.9. The average Bonchev–Trinajstić information content (AvgIpc) is 3.34. The zero-order valence-electron chi connectivity index (χ0n) is 18.7. The monoisotopic (exact) mass is 432 g/mol. The molecule has 3 aromatic rings. The lowest BCUT2D eigenvalue weighted by Gasteiger charge is -2.11. The van der Waals surface area contributed by atoms with Crippen molar-refractivity contribution in [1.29, 1.82) is 0 Å². The molecular weight excluding hydrogens is 404 g/mol. The van der Waals surface area contributed by atoms with E-state index in [1.54, 1.807) is 23.7 Å². The number of aromatic nitrogens is 2. The normalized spacial score (nSPS) is 11.9. The van der Waals surface area contributed by atoms with Crippen molar-refractivity contribution in [2.45, 2.75) is 19.8 Å². The maximum atomic E-state index is 12.6. The average molecular weight is 433 g/mol. The third-order valence-corrected chi connectivity index (χ3v) is 5.53. The van der Waals surface area contributed by atoms with Crippen molar-refractivity contribution in [1.82, 2.24) is 20.0 Å². The van der Waals surface area contributed by atoms with Crippen LogP contribution in [0.2, 0.25) is 0 Å². The van der Waals surface area contributed by atoms with Crippen molar-refractivity contribution in [2.75, 3.05) is 33.8 Å². The number of nitrogens with one attached hydrogen (secondary N) is 1. The van der Waals surface area contributed by atoms with Crippen LogP contribution in [0.15, 0.2) is 48.5 Å². The quantitative estimate of drug-likeness (QED) is 0.342. The molecule has 1 aliphatic carbocycles. The lowest BCUT2D eigenvalue weighted by Crippen LogP contribution is -2.27. The molecule has 1 aliphatic rings. The molecule has 1 aromatic heterocycles. The van der Waals surface area contributed by atoms with E-state index in [1.165, 1.54) is 0 Å². The van der Waals surface area contributed by atoms with Crippen LogP contribution < -0.4 is 5.32 Å². The highest BCUT2D eigenvalue weighted by Crippen LogP contribution is 2.39. The Morgan fingerprint density at radius 1 is 1.12 bits per heavy atom. The first-order chi connectivity index (χ1) is 15.5. The van der Waals surface area contributed by atoms with Crippen LogP contribution in [-0.2, 0) is 11.2 Å². The SMILES string of the molecule is CCOC(=O)c1nn(-c2ccc(C(=O)NCCCN(C)C)cc2)c2c1Cc1ccccc1-2. The highest BCUT2D eigenvalue weighted by Gasteiger charge is 2.31. The van der Waals surface area contributed by atoms with Gasteiger partial charge in [-0.2, -0.15) is 5.10 Å². The zero-order valence-corrected chi connectivity index (χ0v) is 18.7. The Morgan fingerprint density at radius 2 is 1.88 bits per heavy atom. The van der Waals surface area contributed by atoms with Crippen LogP contribution >= 0.6 is 0 Å². The van der Waals surface area contributed by atoms with Gasteiger partial charge in [-0.25, -0.2) is 9.48 Å². The van der Waals surface area contributed by atoms with E-state index in [9.17, 15) is 9.59 Å². The molecule has 32 heavy (non-hydrogen) atoms. The predicted octanol–water partition coefficient (Wildman–Crippen LogP) is 3.30. The van der Waals surface area contributed by atoms with Gasteiger partial charge in [0.25, 0.3) is 5.91 Å². The van der Waals surface area contributed by atoms with Gasteiger partial charge in [-0.15, -0.1) is 0 Å². The molecule has 0 atom stereocenters. The standard InChI is InChI=1S/C25H28N4O3/c1-4-32-25(31)22-21-16-18-8-5-6-9-20(18)23(21)29(27-22)19-12-10-17(11-13-19)24(30)26-14-7-15-28(2)3/h5-6,8-13H,4,7,14-16H2,1-3H3,(H,26,30). The van der Waals surface area contributed by atoms with Gasteiger partial charge in [0, 0.05) is 29.7 Å². The minimum Gasteiger partial charge on any atom is -0.461 e. The Kier molecular flexibility index (Phi) is 6.37. The molecule has 7 heteroatoms. The summed E-state index contributed by atoms with van der Waals surface area (Å²) in [6.07, 6.45) is 1.54. The number of carbonyl (C=O) groups is 2. The van der Waals surface area contributed by atoms with Gasteiger partial charge in [0.1, 0.15) is 0 Å². The molecule has 0 saturated carbocycles. The number of benzene rings is 2. The van der Waals surface area contributed by atoms with Crippen molar-refractivity contribution in [3.8, 4) is 16.9 Å². The fraction of sp³-hybridized carbons (Fsp3) is 0.320. The van der Waals surface area contributed by atoms with Crippen molar-refractivity contribution >= 4 is 11.9 Å². The smallest absolute Gasteiger partial charge is 0.359 e. The number of ether oxygens (including phenoxy) is 1. The maximum Gasteiger partial charge on any atom is 0.359 e. The van der Waals surface area contributed by atoms with Crippen molar-refractivity contribution < 1.29 is 14.3 Å². The minimum atomic E-state index is -0.413. The van der Waals surface area contributed by atoms with Crippen LogP contribution in [-0.4, -0.2) is 60.3 Å². The number of rotatable bonds is 8. The lowest BCUT2D eigenvalue weighted by atomic mass is 10.1. The van der Waals surface area contributed by atoms with E-state index < -0.39 is 5.97 Å².